The molecule has 0 radical (unpaired) electrons. The van der Waals surface area contributed by atoms with Gasteiger partial charge in [0.05, 0.1) is 19.6 Å². The number of nitrogens with one attached hydrogen (secondary N) is 1. The summed E-state index contributed by atoms with van der Waals surface area (Å²) in [4.78, 5) is 25.1. The Hall–Kier alpha value is -2.34. The number of benzene rings is 1. The molecule has 0 aliphatic heterocycles. The van der Waals surface area contributed by atoms with E-state index in [4.69, 9.17) is 9.47 Å². The number of rotatable bonds is 8. The molecule has 0 aliphatic rings. The summed E-state index contributed by atoms with van der Waals surface area (Å²) in [6.45, 7) is 8.07. The lowest BCUT2D eigenvalue weighted by atomic mass is 10.3. The summed E-state index contributed by atoms with van der Waals surface area (Å²) in [5, 5.41) is 2.73. The van der Waals surface area contributed by atoms with Gasteiger partial charge in [0.1, 0.15) is 5.75 Å². The van der Waals surface area contributed by atoms with Gasteiger partial charge >= 0.3 is 6.09 Å². The molecule has 0 heterocycles. The van der Waals surface area contributed by atoms with Crippen LogP contribution >= 0.6 is 0 Å². The first kappa shape index (κ1) is 18.7. The lowest BCUT2D eigenvalue weighted by Crippen LogP contribution is -2.35. The minimum atomic E-state index is -0.443. The molecule has 6 heteroatoms. The van der Waals surface area contributed by atoms with Crippen LogP contribution in [0.3, 0.4) is 0 Å². The van der Waals surface area contributed by atoms with Gasteiger partial charge in [-0.15, -0.1) is 6.58 Å². The zero-order valence-corrected chi connectivity index (χ0v) is 13.9. The molecule has 1 rings (SSSR count). The van der Waals surface area contributed by atoms with E-state index in [1.54, 1.807) is 37.4 Å². The van der Waals surface area contributed by atoms with Crippen molar-refractivity contribution in [2.45, 2.75) is 26.3 Å². The number of amides is 2. The molecule has 0 saturated heterocycles. The maximum Gasteiger partial charge on any atom is 0.415 e. The summed E-state index contributed by atoms with van der Waals surface area (Å²) < 4.78 is 10.4. The van der Waals surface area contributed by atoms with E-state index in [0.29, 0.717) is 24.7 Å². The molecule has 126 valence electrons. The second kappa shape index (κ2) is 9.63. The van der Waals surface area contributed by atoms with E-state index in [-0.39, 0.29) is 18.4 Å². The molecule has 0 spiro atoms. The van der Waals surface area contributed by atoms with Crippen LogP contribution in [-0.4, -0.2) is 43.2 Å². The fraction of sp³-hybridized carbons (Fsp3) is 0.412. The van der Waals surface area contributed by atoms with Crippen molar-refractivity contribution in [1.82, 2.24) is 4.90 Å². The van der Waals surface area contributed by atoms with Crippen molar-refractivity contribution < 1.29 is 19.1 Å². The first-order valence-corrected chi connectivity index (χ1v) is 7.47. The Kier molecular flexibility index (Phi) is 7.83. The standard InChI is InChI=1S/C17H24N2O4/c1-5-10-22-11-9-16(20)18-14-7-6-8-15(12-14)23-17(21)19(4)13(2)3/h5-8,12-13H,1,9-11H2,2-4H3,(H,18,20). The maximum absolute atomic E-state index is 11.9. The second-order valence-corrected chi connectivity index (χ2v) is 5.26. The highest BCUT2D eigenvalue weighted by molar-refractivity contribution is 5.91. The Bertz CT molecular complexity index is 543. The molecule has 1 aromatic rings. The molecule has 0 unspecified atom stereocenters. The van der Waals surface area contributed by atoms with E-state index in [0.717, 1.165) is 0 Å². The van der Waals surface area contributed by atoms with Gasteiger partial charge in [0.2, 0.25) is 5.91 Å². The van der Waals surface area contributed by atoms with E-state index >= 15 is 0 Å². The van der Waals surface area contributed by atoms with E-state index in [1.165, 1.54) is 4.90 Å². The van der Waals surface area contributed by atoms with Crippen molar-refractivity contribution >= 4 is 17.7 Å². The van der Waals surface area contributed by atoms with Gasteiger partial charge < -0.3 is 19.7 Å². The Morgan fingerprint density at radius 2 is 2.13 bits per heavy atom. The van der Waals surface area contributed by atoms with Crippen LogP contribution in [0.25, 0.3) is 0 Å². The molecule has 0 aromatic heterocycles. The fourth-order valence-corrected chi connectivity index (χ4v) is 1.58. The van der Waals surface area contributed by atoms with Crippen LogP contribution in [0.15, 0.2) is 36.9 Å². The van der Waals surface area contributed by atoms with Crippen molar-refractivity contribution in [3.05, 3.63) is 36.9 Å². The number of nitrogens with zero attached hydrogens (tertiary/aromatic N) is 1. The van der Waals surface area contributed by atoms with E-state index in [2.05, 4.69) is 11.9 Å². The van der Waals surface area contributed by atoms with Gasteiger partial charge in [0.25, 0.3) is 0 Å². The molecule has 0 fully saturated rings. The normalized spacial score (nSPS) is 10.3. The van der Waals surface area contributed by atoms with E-state index in [1.807, 2.05) is 13.8 Å². The molecule has 1 aromatic carbocycles. The second-order valence-electron chi connectivity index (χ2n) is 5.26. The maximum atomic E-state index is 11.9. The Morgan fingerprint density at radius 3 is 2.78 bits per heavy atom. The van der Waals surface area contributed by atoms with Gasteiger partial charge in [-0.1, -0.05) is 12.1 Å². The molecule has 6 nitrogen and oxygen atoms in total. The lowest BCUT2D eigenvalue weighted by molar-refractivity contribution is -0.117. The van der Waals surface area contributed by atoms with Crippen LogP contribution < -0.4 is 10.1 Å². The molecular formula is C17H24N2O4. The lowest BCUT2D eigenvalue weighted by Gasteiger charge is -2.20. The molecule has 0 atom stereocenters. The van der Waals surface area contributed by atoms with Gasteiger partial charge in [0.15, 0.2) is 0 Å². The fourth-order valence-electron chi connectivity index (χ4n) is 1.58. The van der Waals surface area contributed by atoms with Crippen molar-refractivity contribution in [3.63, 3.8) is 0 Å². The summed E-state index contributed by atoms with van der Waals surface area (Å²) in [5.41, 5.74) is 0.566. The molecule has 0 bridgehead atoms. The summed E-state index contributed by atoms with van der Waals surface area (Å²) >= 11 is 0. The average molecular weight is 320 g/mol. The zero-order chi connectivity index (χ0) is 17.2. The SMILES string of the molecule is C=CCOCCC(=O)Nc1cccc(OC(=O)N(C)C(C)C)c1. The minimum Gasteiger partial charge on any atom is -0.410 e. The first-order valence-electron chi connectivity index (χ1n) is 7.47. The van der Waals surface area contributed by atoms with Crippen LogP contribution in [0.2, 0.25) is 0 Å². The third kappa shape index (κ3) is 6.97. The van der Waals surface area contributed by atoms with Gasteiger partial charge in [-0.25, -0.2) is 4.79 Å². The number of carbonyl (C=O) groups excluding carboxylic acids is 2. The summed E-state index contributed by atoms with van der Waals surface area (Å²) in [6, 6.07) is 6.75. The number of hydrogen-bond acceptors (Lipinski definition) is 4. The van der Waals surface area contributed by atoms with Gasteiger partial charge in [-0.3, -0.25) is 4.79 Å². The monoisotopic (exact) mass is 320 g/mol. The predicted octanol–water partition coefficient (Wildman–Crippen LogP) is 3.06. The van der Waals surface area contributed by atoms with Crippen LogP contribution in [0.1, 0.15) is 20.3 Å². The van der Waals surface area contributed by atoms with Crippen LogP contribution in [0, 0.1) is 0 Å². The quantitative estimate of drug-likeness (QED) is 0.590. The summed E-state index contributed by atoms with van der Waals surface area (Å²) in [7, 11) is 1.67. The van der Waals surface area contributed by atoms with Crippen LogP contribution in [-0.2, 0) is 9.53 Å². The third-order valence-corrected chi connectivity index (χ3v) is 3.09. The van der Waals surface area contributed by atoms with Crippen molar-refractivity contribution in [1.29, 1.82) is 0 Å². The molecule has 23 heavy (non-hydrogen) atoms. The third-order valence-electron chi connectivity index (χ3n) is 3.09. The smallest absolute Gasteiger partial charge is 0.410 e. The minimum absolute atomic E-state index is 0.0425. The summed E-state index contributed by atoms with van der Waals surface area (Å²) in [5.74, 6) is 0.208. The highest BCUT2D eigenvalue weighted by atomic mass is 16.6. The number of ether oxygens (including phenoxy) is 2. The zero-order valence-electron chi connectivity index (χ0n) is 13.9. The number of carbonyl (C=O) groups is 2. The van der Waals surface area contributed by atoms with E-state index < -0.39 is 6.09 Å². The molecule has 2 amide bonds. The Labute approximate surface area is 137 Å². The van der Waals surface area contributed by atoms with Crippen molar-refractivity contribution in [2.75, 3.05) is 25.6 Å². The first-order chi connectivity index (χ1) is 10.9. The van der Waals surface area contributed by atoms with Crippen LogP contribution in [0.4, 0.5) is 10.5 Å². The van der Waals surface area contributed by atoms with E-state index in [9.17, 15) is 9.59 Å². The average Bonchev–Trinajstić information content (AvgIpc) is 2.51. The largest absolute Gasteiger partial charge is 0.415 e. The number of hydrogen-bond donors (Lipinski definition) is 1. The van der Waals surface area contributed by atoms with Crippen molar-refractivity contribution in [3.8, 4) is 5.75 Å². The molecular weight excluding hydrogens is 296 g/mol. The van der Waals surface area contributed by atoms with Gasteiger partial charge in [0, 0.05) is 24.8 Å². The molecule has 1 N–H and O–H groups in total. The van der Waals surface area contributed by atoms with Gasteiger partial charge in [-0.05, 0) is 26.0 Å². The highest BCUT2D eigenvalue weighted by Gasteiger charge is 2.14. The van der Waals surface area contributed by atoms with Crippen molar-refractivity contribution in [2.24, 2.45) is 0 Å². The van der Waals surface area contributed by atoms with Crippen LogP contribution in [0.5, 0.6) is 5.75 Å². The highest BCUT2D eigenvalue weighted by Crippen LogP contribution is 2.18. The molecule has 0 saturated carbocycles. The molecule has 0 aliphatic carbocycles. The Morgan fingerprint density at radius 1 is 1.39 bits per heavy atom. The van der Waals surface area contributed by atoms with Gasteiger partial charge in [-0.2, -0.15) is 0 Å². The predicted molar refractivity (Wildman–Crippen MR) is 89.6 cm³/mol. The Balaban J connectivity index is 2.54. The topological polar surface area (TPSA) is 67.9 Å². The summed E-state index contributed by atoms with van der Waals surface area (Å²) in [6.07, 6.45) is 1.43. The number of anilines is 1.